The van der Waals surface area contributed by atoms with Gasteiger partial charge in [-0.2, -0.15) is 0 Å². The van der Waals surface area contributed by atoms with E-state index in [1.54, 1.807) is 0 Å². The van der Waals surface area contributed by atoms with Crippen molar-refractivity contribution in [1.29, 1.82) is 0 Å². The van der Waals surface area contributed by atoms with Gasteiger partial charge in [0.05, 0.1) is 0 Å². The molecular weight excluding hydrogens is 152 g/mol. The van der Waals surface area contributed by atoms with Crippen molar-refractivity contribution in [3.63, 3.8) is 0 Å². The zero-order chi connectivity index (χ0) is 8.39. The van der Waals surface area contributed by atoms with Crippen LogP contribution in [0, 0.1) is 0 Å². The van der Waals surface area contributed by atoms with E-state index in [4.69, 9.17) is 4.52 Å². The number of rotatable bonds is 2. The van der Waals surface area contributed by atoms with Crippen molar-refractivity contribution < 1.29 is 4.52 Å². The first kappa shape index (κ1) is 7.65. The Labute approximate surface area is 72.1 Å². The molecule has 0 saturated carbocycles. The minimum atomic E-state index is 0.916. The van der Waals surface area contributed by atoms with E-state index in [0.29, 0.717) is 0 Å². The molecule has 1 heterocycles. The molecule has 1 N–H and O–H groups in total. The molecule has 2 rings (SSSR count). The molecule has 0 bridgehead atoms. The predicted molar refractivity (Wildman–Crippen MR) is 47.3 cm³/mol. The highest BCUT2D eigenvalue weighted by atomic mass is 16.5. The maximum Gasteiger partial charge on any atom is 0.172 e. The fourth-order valence-electron chi connectivity index (χ4n) is 1.69. The summed E-state index contributed by atoms with van der Waals surface area (Å²) in [4.78, 5) is 0. The highest BCUT2D eigenvalue weighted by Crippen LogP contribution is 2.26. The molecule has 1 aliphatic carbocycles. The Morgan fingerprint density at radius 2 is 2.25 bits per heavy atom. The number of aryl methyl sites for hydroxylation is 1. The van der Waals surface area contributed by atoms with Gasteiger partial charge in [-0.3, -0.25) is 0 Å². The molecule has 0 unspecified atom stereocenters. The minimum Gasteiger partial charge on any atom is -0.367 e. The smallest absolute Gasteiger partial charge is 0.172 e. The fourth-order valence-corrected chi connectivity index (χ4v) is 1.69. The molecule has 3 heteroatoms. The molecule has 0 atom stereocenters. The monoisotopic (exact) mass is 166 g/mol. The van der Waals surface area contributed by atoms with Crippen LogP contribution in [0.2, 0.25) is 0 Å². The maximum absolute atomic E-state index is 5.23. The van der Waals surface area contributed by atoms with Crippen LogP contribution in [0.1, 0.15) is 31.1 Å². The summed E-state index contributed by atoms with van der Waals surface area (Å²) >= 11 is 0. The first-order chi connectivity index (χ1) is 5.92. The Balaban J connectivity index is 2.25. The van der Waals surface area contributed by atoms with Gasteiger partial charge in [-0.15, -0.1) is 0 Å². The van der Waals surface area contributed by atoms with Crippen molar-refractivity contribution in [3.8, 4) is 0 Å². The van der Waals surface area contributed by atoms with Gasteiger partial charge in [-0.05, 0) is 26.2 Å². The van der Waals surface area contributed by atoms with Crippen LogP contribution in [0.3, 0.4) is 0 Å². The lowest BCUT2D eigenvalue weighted by Crippen LogP contribution is -2.04. The van der Waals surface area contributed by atoms with Gasteiger partial charge < -0.3 is 9.84 Å². The topological polar surface area (TPSA) is 38.1 Å². The van der Waals surface area contributed by atoms with Crippen LogP contribution >= 0.6 is 0 Å². The molecule has 0 fully saturated rings. The molecule has 0 radical (unpaired) electrons. The largest absolute Gasteiger partial charge is 0.367 e. The van der Waals surface area contributed by atoms with E-state index in [2.05, 4.69) is 17.4 Å². The Morgan fingerprint density at radius 1 is 1.42 bits per heavy atom. The normalized spacial score (nSPS) is 15.8. The third kappa shape index (κ3) is 1.19. The Kier molecular flexibility index (Phi) is 2.02. The number of hydrogen-bond donors (Lipinski definition) is 1. The van der Waals surface area contributed by atoms with Gasteiger partial charge in [-0.25, -0.2) is 0 Å². The number of fused-ring (bicyclic) bond motifs is 1. The molecule has 12 heavy (non-hydrogen) atoms. The molecule has 0 amide bonds. The summed E-state index contributed by atoms with van der Waals surface area (Å²) in [6.07, 6.45) is 4.70. The van der Waals surface area contributed by atoms with Gasteiger partial charge in [0.25, 0.3) is 0 Å². The molecular formula is C9H14N2O. The minimum absolute atomic E-state index is 0.916. The average molecular weight is 166 g/mol. The predicted octanol–water partition coefficient (Wildman–Crippen LogP) is 1.99. The van der Waals surface area contributed by atoms with E-state index < -0.39 is 0 Å². The quantitative estimate of drug-likeness (QED) is 0.730. The first-order valence-corrected chi connectivity index (χ1v) is 4.63. The van der Waals surface area contributed by atoms with Gasteiger partial charge in [-0.1, -0.05) is 5.16 Å². The van der Waals surface area contributed by atoms with Crippen molar-refractivity contribution in [3.05, 3.63) is 11.3 Å². The van der Waals surface area contributed by atoms with Crippen LogP contribution in [-0.4, -0.2) is 11.7 Å². The molecule has 1 aromatic heterocycles. The molecule has 0 spiro atoms. The summed E-state index contributed by atoms with van der Waals surface area (Å²) in [6.45, 7) is 2.99. The number of nitrogens with one attached hydrogen (secondary N) is 1. The SMILES string of the molecule is CCNc1noc2c1CCCC2. The van der Waals surface area contributed by atoms with Gasteiger partial charge >= 0.3 is 0 Å². The van der Waals surface area contributed by atoms with Gasteiger partial charge in [0.15, 0.2) is 5.82 Å². The van der Waals surface area contributed by atoms with E-state index in [9.17, 15) is 0 Å². The van der Waals surface area contributed by atoms with Crippen molar-refractivity contribution in [2.75, 3.05) is 11.9 Å². The van der Waals surface area contributed by atoms with E-state index in [-0.39, 0.29) is 0 Å². The van der Waals surface area contributed by atoms with E-state index >= 15 is 0 Å². The molecule has 0 aromatic carbocycles. The summed E-state index contributed by atoms with van der Waals surface area (Å²) in [5, 5.41) is 7.21. The summed E-state index contributed by atoms with van der Waals surface area (Å²) < 4.78 is 5.23. The zero-order valence-corrected chi connectivity index (χ0v) is 7.39. The number of nitrogens with zero attached hydrogens (tertiary/aromatic N) is 1. The lowest BCUT2D eigenvalue weighted by Gasteiger charge is -2.08. The van der Waals surface area contributed by atoms with Crippen molar-refractivity contribution in [2.24, 2.45) is 0 Å². The van der Waals surface area contributed by atoms with Gasteiger partial charge in [0, 0.05) is 18.5 Å². The fraction of sp³-hybridized carbons (Fsp3) is 0.667. The molecule has 0 aliphatic heterocycles. The summed E-state index contributed by atoms with van der Waals surface area (Å²) in [6, 6.07) is 0. The molecule has 66 valence electrons. The van der Waals surface area contributed by atoms with E-state index in [1.165, 1.54) is 18.4 Å². The van der Waals surface area contributed by atoms with Crippen LogP contribution in [0.4, 0.5) is 5.82 Å². The van der Waals surface area contributed by atoms with Crippen LogP contribution in [0.5, 0.6) is 0 Å². The van der Waals surface area contributed by atoms with E-state index in [0.717, 1.165) is 31.0 Å². The highest BCUT2D eigenvalue weighted by Gasteiger charge is 2.18. The number of hydrogen-bond acceptors (Lipinski definition) is 3. The van der Waals surface area contributed by atoms with Crippen molar-refractivity contribution in [2.45, 2.75) is 32.6 Å². The number of anilines is 1. The maximum atomic E-state index is 5.23. The molecule has 1 aliphatic rings. The number of aromatic nitrogens is 1. The van der Waals surface area contributed by atoms with Gasteiger partial charge in [0.2, 0.25) is 0 Å². The van der Waals surface area contributed by atoms with Crippen LogP contribution in [0.15, 0.2) is 4.52 Å². The lowest BCUT2D eigenvalue weighted by molar-refractivity contribution is 0.374. The summed E-state index contributed by atoms with van der Waals surface area (Å²) in [5.41, 5.74) is 1.31. The first-order valence-electron chi connectivity index (χ1n) is 4.63. The second kappa shape index (κ2) is 3.17. The van der Waals surface area contributed by atoms with E-state index in [1.807, 2.05) is 0 Å². The highest BCUT2D eigenvalue weighted by molar-refractivity contribution is 5.45. The molecule has 0 saturated heterocycles. The zero-order valence-electron chi connectivity index (χ0n) is 7.39. The van der Waals surface area contributed by atoms with Crippen molar-refractivity contribution >= 4 is 5.82 Å². The average Bonchev–Trinajstić information content (AvgIpc) is 2.50. The van der Waals surface area contributed by atoms with Gasteiger partial charge in [0.1, 0.15) is 5.76 Å². The van der Waals surface area contributed by atoms with Crippen molar-refractivity contribution in [1.82, 2.24) is 5.16 Å². The van der Waals surface area contributed by atoms with Crippen LogP contribution in [0.25, 0.3) is 0 Å². The summed E-state index contributed by atoms with van der Waals surface area (Å²) in [7, 11) is 0. The summed E-state index contributed by atoms with van der Waals surface area (Å²) in [5.74, 6) is 2.06. The molecule has 1 aromatic rings. The lowest BCUT2D eigenvalue weighted by atomic mass is 9.98. The second-order valence-corrected chi connectivity index (χ2v) is 3.17. The Hall–Kier alpha value is -0.990. The standard InChI is InChI=1S/C9H14N2O/c1-2-10-9-7-5-3-4-6-8(7)12-11-9/h2-6H2,1H3,(H,10,11). The third-order valence-corrected chi connectivity index (χ3v) is 2.29. The Morgan fingerprint density at radius 3 is 3.08 bits per heavy atom. The van der Waals surface area contributed by atoms with Crippen LogP contribution < -0.4 is 5.32 Å². The molecule has 3 nitrogen and oxygen atoms in total. The second-order valence-electron chi connectivity index (χ2n) is 3.17. The third-order valence-electron chi connectivity index (χ3n) is 2.29. The van der Waals surface area contributed by atoms with Crippen LogP contribution in [-0.2, 0) is 12.8 Å². The Bertz CT molecular complexity index is 267.